The summed E-state index contributed by atoms with van der Waals surface area (Å²) in [5.41, 5.74) is 7.32. The lowest BCUT2D eigenvalue weighted by Gasteiger charge is -2.24. The molecule has 112 valence electrons. The number of sulfonamides is 1. The quantitative estimate of drug-likeness (QED) is 0.850. The van der Waals surface area contributed by atoms with Gasteiger partial charge in [0.1, 0.15) is 0 Å². The predicted molar refractivity (Wildman–Crippen MR) is 82.7 cm³/mol. The van der Waals surface area contributed by atoms with Crippen LogP contribution in [0.5, 0.6) is 0 Å². The van der Waals surface area contributed by atoms with E-state index in [2.05, 4.69) is 0 Å². The van der Waals surface area contributed by atoms with Gasteiger partial charge in [-0.05, 0) is 36.5 Å². The highest BCUT2D eigenvalue weighted by molar-refractivity contribution is 7.89. The van der Waals surface area contributed by atoms with Crippen LogP contribution in [0.25, 0.3) is 0 Å². The molecule has 1 aliphatic carbocycles. The van der Waals surface area contributed by atoms with Crippen LogP contribution >= 0.6 is 0 Å². The minimum absolute atomic E-state index is 0.284. The van der Waals surface area contributed by atoms with Gasteiger partial charge in [0.15, 0.2) is 0 Å². The summed E-state index contributed by atoms with van der Waals surface area (Å²) in [5, 5.41) is 0. The molecule has 0 atom stereocenters. The van der Waals surface area contributed by atoms with Crippen molar-refractivity contribution < 1.29 is 8.42 Å². The monoisotopic (exact) mass is 296 g/mol. The van der Waals surface area contributed by atoms with Crippen LogP contribution in [0.2, 0.25) is 0 Å². The average Bonchev–Trinajstić information content (AvgIpc) is 2.39. The van der Waals surface area contributed by atoms with Gasteiger partial charge in [0.25, 0.3) is 0 Å². The van der Waals surface area contributed by atoms with E-state index >= 15 is 0 Å². The lowest BCUT2D eigenvalue weighted by molar-refractivity contribution is 0.374. The molecule has 1 aromatic carbocycles. The van der Waals surface area contributed by atoms with Crippen molar-refractivity contribution in [1.29, 1.82) is 0 Å². The van der Waals surface area contributed by atoms with E-state index < -0.39 is 10.0 Å². The van der Waals surface area contributed by atoms with Crippen molar-refractivity contribution in [2.75, 3.05) is 18.5 Å². The first kappa shape index (κ1) is 15.3. The van der Waals surface area contributed by atoms with E-state index in [1.165, 1.54) is 23.6 Å². The van der Waals surface area contributed by atoms with Crippen LogP contribution in [0.1, 0.15) is 37.7 Å². The number of hydrogen-bond donors (Lipinski definition) is 1. The van der Waals surface area contributed by atoms with Crippen LogP contribution in [0.3, 0.4) is 0 Å². The van der Waals surface area contributed by atoms with Gasteiger partial charge in [-0.3, -0.25) is 0 Å². The zero-order valence-corrected chi connectivity index (χ0v) is 12.9. The highest BCUT2D eigenvalue weighted by atomic mass is 32.2. The SMILES string of the molecule is CN(Cc1cccc(N)c1)S(=O)(=O)CC1CCCCC1. The van der Waals surface area contributed by atoms with Crippen molar-refractivity contribution >= 4 is 15.7 Å². The summed E-state index contributed by atoms with van der Waals surface area (Å²) in [7, 11) is -1.52. The fraction of sp³-hybridized carbons (Fsp3) is 0.600. The van der Waals surface area contributed by atoms with Crippen LogP contribution in [-0.4, -0.2) is 25.5 Å². The molecule has 4 nitrogen and oxygen atoms in total. The van der Waals surface area contributed by atoms with E-state index in [0.717, 1.165) is 18.4 Å². The molecule has 0 spiro atoms. The van der Waals surface area contributed by atoms with Crippen molar-refractivity contribution in [1.82, 2.24) is 4.31 Å². The molecule has 5 heteroatoms. The Morgan fingerprint density at radius 1 is 1.25 bits per heavy atom. The molecule has 0 bridgehead atoms. The predicted octanol–water partition coefficient (Wildman–Crippen LogP) is 2.61. The Morgan fingerprint density at radius 3 is 2.60 bits per heavy atom. The Balaban J connectivity index is 1.97. The van der Waals surface area contributed by atoms with Crippen LogP contribution in [0.15, 0.2) is 24.3 Å². The third-order valence-corrected chi connectivity index (χ3v) is 5.97. The molecule has 0 heterocycles. The van der Waals surface area contributed by atoms with Gasteiger partial charge in [0, 0.05) is 19.3 Å². The standard InChI is InChI=1S/C15H24N2O2S/c1-17(11-14-8-5-9-15(16)10-14)20(18,19)12-13-6-3-2-4-7-13/h5,8-10,13H,2-4,6-7,11-12,16H2,1H3. The summed E-state index contributed by atoms with van der Waals surface area (Å²) >= 11 is 0. The lowest BCUT2D eigenvalue weighted by atomic mass is 9.91. The molecule has 0 amide bonds. The minimum atomic E-state index is -3.18. The van der Waals surface area contributed by atoms with Gasteiger partial charge < -0.3 is 5.73 Å². The summed E-state index contributed by atoms with van der Waals surface area (Å²) in [6.07, 6.45) is 5.67. The van der Waals surface area contributed by atoms with E-state index in [0.29, 0.717) is 18.2 Å². The lowest BCUT2D eigenvalue weighted by Crippen LogP contribution is -2.32. The van der Waals surface area contributed by atoms with Crippen molar-refractivity contribution in [3.05, 3.63) is 29.8 Å². The summed E-state index contributed by atoms with van der Waals surface area (Å²) in [5.74, 6) is 0.614. The Hall–Kier alpha value is -1.07. The molecule has 0 unspecified atom stereocenters. The van der Waals surface area contributed by atoms with Crippen LogP contribution < -0.4 is 5.73 Å². The van der Waals surface area contributed by atoms with Gasteiger partial charge in [-0.1, -0.05) is 31.4 Å². The van der Waals surface area contributed by atoms with Crippen molar-refractivity contribution in [3.63, 3.8) is 0 Å². The number of rotatable bonds is 5. The summed E-state index contributed by atoms with van der Waals surface area (Å²) < 4.78 is 26.2. The van der Waals surface area contributed by atoms with Crippen LogP contribution in [-0.2, 0) is 16.6 Å². The molecule has 1 saturated carbocycles. The second kappa shape index (κ2) is 6.59. The largest absolute Gasteiger partial charge is 0.399 e. The normalized spacial score (nSPS) is 17.5. The van der Waals surface area contributed by atoms with E-state index in [1.54, 1.807) is 13.1 Å². The maximum Gasteiger partial charge on any atom is 0.214 e. The minimum Gasteiger partial charge on any atom is -0.399 e. The first-order valence-electron chi connectivity index (χ1n) is 7.26. The molecular weight excluding hydrogens is 272 g/mol. The molecule has 0 aliphatic heterocycles. The van der Waals surface area contributed by atoms with Crippen molar-refractivity contribution in [2.24, 2.45) is 5.92 Å². The topological polar surface area (TPSA) is 63.4 Å². The summed E-state index contributed by atoms with van der Waals surface area (Å²) in [6, 6.07) is 7.39. The van der Waals surface area contributed by atoms with E-state index in [4.69, 9.17) is 5.73 Å². The van der Waals surface area contributed by atoms with Crippen molar-refractivity contribution in [2.45, 2.75) is 38.6 Å². The Bertz CT molecular complexity index is 537. The average molecular weight is 296 g/mol. The first-order valence-corrected chi connectivity index (χ1v) is 8.87. The molecule has 0 saturated heterocycles. The van der Waals surface area contributed by atoms with Crippen LogP contribution in [0, 0.1) is 5.92 Å². The molecule has 0 aromatic heterocycles. The third-order valence-electron chi connectivity index (χ3n) is 4.00. The molecular formula is C15H24N2O2S. The fourth-order valence-electron chi connectivity index (χ4n) is 2.83. The summed E-state index contributed by atoms with van der Waals surface area (Å²) in [6.45, 7) is 0.389. The Kier molecular flexibility index (Phi) is 5.05. The highest BCUT2D eigenvalue weighted by Gasteiger charge is 2.24. The number of nitrogens with two attached hydrogens (primary N) is 1. The Morgan fingerprint density at radius 2 is 1.95 bits per heavy atom. The number of nitrogens with zero attached hydrogens (tertiary/aromatic N) is 1. The van der Waals surface area contributed by atoms with Gasteiger partial charge >= 0.3 is 0 Å². The maximum atomic E-state index is 12.4. The molecule has 1 aliphatic rings. The number of hydrogen-bond acceptors (Lipinski definition) is 3. The van der Waals surface area contributed by atoms with Gasteiger partial charge in [0.05, 0.1) is 5.75 Å². The summed E-state index contributed by atoms with van der Waals surface area (Å²) in [4.78, 5) is 0. The van der Waals surface area contributed by atoms with Gasteiger partial charge in [-0.15, -0.1) is 0 Å². The maximum absolute atomic E-state index is 12.4. The molecule has 20 heavy (non-hydrogen) atoms. The Labute approximate surface area is 122 Å². The van der Waals surface area contributed by atoms with E-state index in [1.807, 2.05) is 18.2 Å². The first-order chi connectivity index (χ1) is 9.47. The van der Waals surface area contributed by atoms with E-state index in [-0.39, 0.29) is 5.75 Å². The van der Waals surface area contributed by atoms with Gasteiger partial charge in [-0.25, -0.2) is 12.7 Å². The number of nitrogen functional groups attached to an aromatic ring is 1. The second-order valence-electron chi connectivity index (χ2n) is 5.78. The number of benzene rings is 1. The molecule has 1 fully saturated rings. The van der Waals surface area contributed by atoms with Gasteiger partial charge in [0.2, 0.25) is 10.0 Å². The van der Waals surface area contributed by atoms with Crippen LogP contribution in [0.4, 0.5) is 5.69 Å². The molecule has 0 radical (unpaired) electrons. The van der Waals surface area contributed by atoms with Crippen molar-refractivity contribution in [3.8, 4) is 0 Å². The van der Waals surface area contributed by atoms with Gasteiger partial charge in [-0.2, -0.15) is 0 Å². The fourth-order valence-corrected chi connectivity index (χ4v) is 4.36. The molecule has 1 aromatic rings. The molecule has 2 rings (SSSR count). The second-order valence-corrected chi connectivity index (χ2v) is 7.90. The zero-order valence-electron chi connectivity index (χ0n) is 12.1. The molecule has 2 N–H and O–H groups in total. The third kappa shape index (κ3) is 4.21. The zero-order chi connectivity index (χ0) is 14.6. The highest BCUT2D eigenvalue weighted by Crippen LogP contribution is 2.26. The smallest absolute Gasteiger partial charge is 0.214 e. The number of anilines is 1. The van der Waals surface area contributed by atoms with E-state index in [9.17, 15) is 8.42 Å².